The molecule has 0 heterocycles. The first-order chi connectivity index (χ1) is 9.18. The predicted octanol–water partition coefficient (Wildman–Crippen LogP) is 4.13. The molecule has 0 spiro atoms. The van der Waals surface area contributed by atoms with Gasteiger partial charge < -0.3 is 5.73 Å². The van der Waals surface area contributed by atoms with Crippen LogP contribution in [0.1, 0.15) is 90.4 Å². The second kappa shape index (κ2) is 13.6. The lowest BCUT2D eigenvalue weighted by Gasteiger charge is -2.02. The molecule has 112 valence electrons. The van der Waals surface area contributed by atoms with Crippen LogP contribution in [0.4, 0.5) is 0 Å². The van der Waals surface area contributed by atoms with Crippen LogP contribution in [0.3, 0.4) is 0 Å². The van der Waals surface area contributed by atoms with E-state index in [2.05, 4.69) is 6.92 Å². The molecule has 1 amide bonds. The summed E-state index contributed by atoms with van der Waals surface area (Å²) in [5.74, 6) is -1.21. The molecule has 0 aromatic rings. The van der Waals surface area contributed by atoms with Gasteiger partial charge in [0.2, 0.25) is 5.78 Å². The number of unbranched alkanes of at least 4 members (excludes halogenated alkanes) is 11. The predicted molar refractivity (Wildman–Crippen MR) is 79.9 cm³/mol. The van der Waals surface area contributed by atoms with E-state index >= 15 is 0 Å². The van der Waals surface area contributed by atoms with Crippen molar-refractivity contribution < 1.29 is 9.59 Å². The molecule has 0 aromatic carbocycles. The minimum absolute atomic E-state index is 0.326. The summed E-state index contributed by atoms with van der Waals surface area (Å²) in [5.41, 5.74) is 4.89. The van der Waals surface area contributed by atoms with Crippen LogP contribution in [0, 0.1) is 0 Å². The molecule has 0 bridgehead atoms. The number of primary amides is 1. The number of carbonyl (C=O) groups excluding carboxylic acids is 2. The van der Waals surface area contributed by atoms with Crippen molar-refractivity contribution in [2.24, 2.45) is 5.73 Å². The van der Waals surface area contributed by atoms with Crippen LogP contribution >= 0.6 is 0 Å². The molecule has 0 fully saturated rings. The Morgan fingerprint density at radius 1 is 0.684 bits per heavy atom. The Balaban J connectivity index is 3.07. The van der Waals surface area contributed by atoms with Crippen molar-refractivity contribution >= 4 is 11.7 Å². The molecule has 0 saturated heterocycles. The molecule has 0 aromatic heterocycles. The Morgan fingerprint density at radius 3 is 1.42 bits per heavy atom. The van der Waals surface area contributed by atoms with Crippen molar-refractivity contribution in [2.75, 3.05) is 0 Å². The van der Waals surface area contributed by atoms with Crippen LogP contribution < -0.4 is 5.73 Å². The van der Waals surface area contributed by atoms with Crippen molar-refractivity contribution in [2.45, 2.75) is 90.4 Å². The quantitative estimate of drug-likeness (QED) is 0.380. The van der Waals surface area contributed by atoms with Gasteiger partial charge in [0.1, 0.15) is 0 Å². The van der Waals surface area contributed by atoms with Gasteiger partial charge in [0, 0.05) is 6.42 Å². The highest BCUT2D eigenvalue weighted by Gasteiger charge is 2.07. The maximum Gasteiger partial charge on any atom is 0.284 e. The largest absolute Gasteiger partial charge is 0.363 e. The topological polar surface area (TPSA) is 60.2 Å². The average Bonchev–Trinajstić information content (AvgIpc) is 2.39. The third-order valence-corrected chi connectivity index (χ3v) is 3.53. The molecule has 0 aliphatic rings. The second-order valence-corrected chi connectivity index (χ2v) is 5.43. The van der Waals surface area contributed by atoms with E-state index in [0.717, 1.165) is 12.8 Å². The first-order valence-electron chi connectivity index (χ1n) is 8.01. The van der Waals surface area contributed by atoms with Gasteiger partial charge in [0.15, 0.2) is 0 Å². The number of hydrogen-bond donors (Lipinski definition) is 1. The fourth-order valence-electron chi connectivity index (χ4n) is 2.25. The van der Waals surface area contributed by atoms with Gasteiger partial charge >= 0.3 is 0 Å². The molecular formula is C16H31NO2. The summed E-state index contributed by atoms with van der Waals surface area (Å²) in [6, 6.07) is 0. The minimum Gasteiger partial charge on any atom is -0.363 e. The number of carbonyl (C=O) groups is 2. The van der Waals surface area contributed by atoms with Crippen molar-refractivity contribution in [3.05, 3.63) is 0 Å². The zero-order chi connectivity index (χ0) is 14.3. The van der Waals surface area contributed by atoms with E-state index in [4.69, 9.17) is 5.73 Å². The summed E-state index contributed by atoms with van der Waals surface area (Å²) in [5, 5.41) is 0. The molecule has 0 saturated carbocycles. The van der Waals surface area contributed by atoms with Gasteiger partial charge in [-0.3, -0.25) is 9.59 Å². The SMILES string of the molecule is CCCCCCCCCCCCCCC(=O)C(N)=O. The standard InChI is InChI=1S/C16H31NO2/c1-2-3-4-5-6-7-8-9-10-11-12-13-14-15(18)16(17)19/h2-14H2,1H3,(H2,17,19). The zero-order valence-corrected chi connectivity index (χ0v) is 12.6. The van der Waals surface area contributed by atoms with Crippen molar-refractivity contribution in [3.8, 4) is 0 Å². The van der Waals surface area contributed by atoms with Gasteiger partial charge in [0.25, 0.3) is 5.91 Å². The summed E-state index contributed by atoms with van der Waals surface area (Å²) in [6.07, 6.45) is 15.5. The monoisotopic (exact) mass is 269 g/mol. The Bertz CT molecular complexity index is 239. The van der Waals surface area contributed by atoms with E-state index < -0.39 is 11.7 Å². The average molecular weight is 269 g/mol. The van der Waals surface area contributed by atoms with Crippen LogP contribution in [0.25, 0.3) is 0 Å². The molecular weight excluding hydrogens is 238 g/mol. The summed E-state index contributed by atoms with van der Waals surface area (Å²) >= 11 is 0. The van der Waals surface area contributed by atoms with Crippen molar-refractivity contribution in [3.63, 3.8) is 0 Å². The second-order valence-electron chi connectivity index (χ2n) is 5.43. The van der Waals surface area contributed by atoms with Gasteiger partial charge in [-0.05, 0) is 6.42 Å². The molecule has 0 radical (unpaired) electrons. The molecule has 19 heavy (non-hydrogen) atoms. The van der Waals surface area contributed by atoms with Gasteiger partial charge in [-0.1, -0.05) is 77.6 Å². The number of rotatable bonds is 14. The van der Waals surface area contributed by atoms with Gasteiger partial charge in [-0.25, -0.2) is 0 Å². The first-order valence-corrected chi connectivity index (χ1v) is 8.01. The number of Topliss-reactive ketones (excluding diaryl/α,β-unsaturated/α-hetero) is 1. The zero-order valence-electron chi connectivity index (χ0n) is 12.6. The summed E-state index contributed by atoms with van der Waals surface area (Å²) in [4.78, 5) is 21.5. The van der Waals surface area contributed by atoms with E-state index in [1.54, 1.807) is 0 Å². The van der Waals surface area contributed by atoms with Crippen LogP contribution in [0.5, 0.6) is 0 Å². The number of amides is 1. The summed E-state index contributed by atoms with van der Waals surface area (Å²) < 4.78 is 0. The lowest BCUT2D eigenvalue weighted by molar-refractivity contribution is -0.136. The maximum absolute atomic E-state index is 11.0. The molecule has 0 unspecified atom stereocenters. The van der Waals surface area contributed by atoms with Gasteiger partial charge in [0.05, 0.1) is 0 Å². The number of ketones is 1. The highest BCUT2D eigenvalue weighted by atomic mass is 16.2. The van der Waals surface area contributed by atoms with E-state index in [9.17, 15) is 9.59 Å². The van der Waals surface area contributed by atoms with Gasteiger partial charge in [-0.15, -0.1) is 0 Å². The highest BCUT2D eigenvalue weighted by molar-refractivity contribution is 6.35. The lowest BCUT2D eigenvalue weighted by atomic mass is 10.0. The van der Waals surface area contributed by atoms with E-state index in [1.165, 1.54) is 64.2 Å². The lowest BCUT2D eigenvalue weighted by Crippen LogP contribution is -2.22. The van der Waals surface area contributed by atoms with Crippen LogP contribution in [-0.2, 0) is 9.59 Å². The first kappa shape index (κ1) is 18.1. The summed E-state index contributed by atoms with van der Waals surface area (Å²) in [6.45, 7) is 2.25. The van der Waals surface area contributed by atoms with E-state index in [1.807, 2.05) is 0 Å². The normalized spacial score (nSPS) is 10.6. The molecule has 2 N–H and O–H groups in total. The number of nitrogens with two attached hydrogens (primary N) is 1. The molecule has 3 nitrogen and oxygen atoms in total. The van der Waals surface area contributed by atoms with Crippen LogP contribution in [0.15, 0.2) is 0 Å². The Morgan fingerprint density at radius 2 is 1.05 bits per heavy atom. The highest BCUT2D eigenvalue weighted by Crippen LogP contribution is 2.12. The number of hydrogen-bond acceptors (Lipinski definition) is 2. The maximum atomic E-state index is 11.0. The minimum atomic E-state index is -0.789. The molecule has 3 heteroatoms. The molecule has 0 aliphatic carbocycles. The Kier molecular flexibility index (Phi) is 13.0. The van der Waals surface area contributed by atoms with E-state index in [0.29, 0.717) is 6.42 Å². The van der Waals surface area contributed by atoms with Gasteiger partial charge in [-0.2, -0.15) is 0 Å². The molecule has 0 rings (SSSR count). The van der Waals surface area contributed by atoms with Crippen LogP contribution in [-0.4, -0.2) is 11.7 Å². The smallest absolute Gasteiger partial charge is 0.284 e. The third-order valence-electron chi connectivity index (χ3n) is 3.53. The molecule has 0 aliphatic heterocycles. The van der Waals surface area contributed by atoms with Crippen molar-refractivity contribution in [1.82, 2.24) is 0 Å². The fourth-order valence-corrected chi connectivity index (χ4v) is 2.25. The van der Waals surface area contributed by atoms with E-state index in [-0.39, 0.29) is 0 Å². The summed E-state index contributed by atoms with van der Waals surface area (Å²) in [7, 11) is 0. The Hall–Kier alpha value is -0.860. The fraction of sp³-hybridized carbons (Fsp3) is 0.875. The molecule has 0 atom stereocenters. The Labute approximate surface area is 118 Å². The third kappa shape index (κ3) is 13.4. The van der Waals surface area contributed by atoms with Crippen LogP contribution in [0.2, 0.25) is 0 Å². The van der Waals surface area contributed by atoms with Crippen molar-refractivity contribution in [1.29, 1.82) is 0 Å².